The van der Waals surface area contributed by atoms with Crippen LogP contribution in [0.25, 0.3) is 6.08 Å². The molecule has 0 saturated heterocycles. The van der Waals surface area contributed by atoms with Crippen molar-refractivity contribution in [2.24, 2.45) is 0 Å². The molecule has 0 unspecified atom stereocenters. The molecule has 0 aliphatic carbocycles. The summed E-state index contributed by atoms with van der Waals surface area (Å²) in [5, 5.41) is 9.21. The van der Waals surface area contributed by atoms with Gasteiger partial charge in [-0.25, -0.2) is 4.39 Å². The van der Waals surface area contributed by atoms with Crippen LogP contribution in [0.5, 0.6) is 11.5 Å². The first kappa shape index (κ1) is 15.1. The van der Waals surface area contributed by atoms with Crippen LogP contribution in [0.4, 0.5) is 4.39 Å². The third-order valence-corrected chi connectivity index (χ3v) is 3.24. The van der Waals surface area contributed by atoms with Crippen molar-refractivity contribution in [3.05, 3.63) is 64.4 Å². The van der Waals surface area contributed by atoms with Crippen LogP contribution in [-0.4, -0.2) is 18.0 Å². The number of allylic oxidation sites excluding steroid dienone is 1. The Balaban J connectivity index is 2.21. The van der Waals surface area contributed by atoms with Gasteiger partial charge in [0, 0.05) is 0 Å². The second kappa shape index (κ2) is 6.41. The largest absolute Gasteiger partial charge is 0.505 e. The first-order valence-corrected chi connectivity index (χ1v) is 6.44. The fraction of sp³-hybridized carbons (Fsp3) is 0.0625. The Labute approximate surface area is 126 Å². The molecule has 108 valence electrons. The molecule has 2 aromatic carbocycles. The normalized spacial score (nSPS) is 10.8. The van der Waals surface area contributed by atoms with E-state index < -0.39 is 22.4 Å². The highest BCUT2D eigenvalue weighted by atomic mass is 35.5. The molecule has 5 heteroatoms. The molecule has 0 radical (unpaired) electrons. The van der Waals surface area contributed by atoms with Gasteiger partial charge >= 0.3 is 0 Å². The zero-order chi connectivity index (χ0) is 15.4. The quantitative estimate of drug-likeness (QED) is 0.683. The lowest BCUT2D eigenvalue weighted by Gasteiger charge is -2.03. The Bertz CT molecular complexity index is 693. The summed E-state index contributed by atoms with van der Waals surface area (Å²) in [4.78, 5) is 12.0. The molecule has 0 aliphatic heterocycles. The maximum atomic E-state index is 13.1. The van der Waals surface area contributed by atoms with Crippen molar-refractivity contribution in [3.8, 4) is 11.5 Å². The topological polar surface area (TPSA) is 46.5 Å². The van der Waals surface area contributed by atoms with Gasteiger partial charge in [-0.15, -0.1) is 0 Å². The minimum atomic E-state index is -0.773. The molecule has 0 aliphatic rings. The molecule has 0 saturated carbocycles. The van der Waals surface area contributed by atoms with Gasteiger partial charge in [-0.2, -0.15) is 0 Å². The monoisotopic (exact) mass is 306 g/mol. The molecule has 0 heterocycles. The van der Waals surface area contributed by atoms with Crippen molar-refractivity contribution in [1.29, 1.82) is 0 Å². The van der Waals surface area contributed by atoms with Crippen LogP contribution in [0.1, 0.15) is 15.9 Å². The number of benzene rings is 2. The number of ether oxygens (including phenoxy) is 1. The molecule has 0 bridgehead atoms. The number of rotatable bonds is 4. The number of hydrogen-bond donors (Lipinski definition) is 1. The van der Waals surface area contributed by atoms with Crippen LogP contribution < -0.4 is 4.74 Å². The number of ketones is 1. The van der Waals surface area contributed by atoms with E-state index in [-0.39, 0.29) is 5.56 Å². The molecule has 0 spiro atoms. The van der Waals surface area contributed by atoms with Crippen LogP contribution in [0.3, 0.4) is 0 Å². The van der Waals surface area contributed by atoms with E-state index >= 15 is 0 Å². The number of methoxy groups -OCH3 is 1. The van der Waals surface area contributed by atoms with E-state index in [0.717, 1.165) is 11.6 Å². The summed E-state index contributed by atoms with van der Waals surface area (Å²) in [5.41, 5.74) is 0.739. The van der Waals surface area contributed by atoms with Gasteiger partial charge in [0.25, 0.3) is 0 Å². The predicted octanol–water partition coefficient (Wildman–Crippen LogP) is 4.09. The first-order valence-electron chi connectivity index (χ1n) is 6.06. The number of aromatic hydroxyl groups is 1. The van der Waals surface area contributed by atoms with E-state index in [1.807, 2.05) is 0 Å². The maximum Gasteiger partial charge on any atom is 0.189 e. The number of carbonyl (C=O) groups excluding carboxylic acids is 1. The lowest BCUT2D eigenvalue weighted by molar-refractivity contribution is 0.104. The highest BCUT2D eigenvalue weighted by molar-refractivity contribution is 6.33. The predicted molar refractivity (Wildman–Crippen MR) is 79.4 cm³/mol. The zero-order valence-corrected chi connectivity index (χ0v) is 11.9. The summed E-state index contributed by atoms with van der Waals surface area (Å²) in [6.07, 6.45) is 2.86. The summed E-state index contributed by atoms with van der Waals surface area (Å²) in [7, 11) is 1.56. The number of carbonyl (C=O) groups is 1. The molecule has 0 aromatic heterocycles. The van der Waals surface area contributed by atoms with Gasteiger partial charge in [0.1, 0.15) is 22.3 Å². The van der Waals surface area contributed by atoms with Crippen molar-refractivity contribution in [2.75, 3.05) is 7.11 Å². The molecule has 0 amide bonds. The van der Waals surface area contributed by atoms with Gasteiger partial charge in [-0.3, -0.25) is 4.79 Å². The number of hydrogen-bond acceptors (Lipinski definition) is 3. The molecule has 3 nitrogen and oxygen atoms in total. The zero-order valence-electron chi connectivity index (χ0n) is 11.1. The van der Waals surface area contributed by atoms with Gasteiger partial charge in [0.15, 0.2) is 5.78 Å². The third kappa shape index (κ3) is 3.41. The first-order chi connectivity index (χ1) is 10.0. The van der Waals surface area contributed by atoms with Gasteiger partial charge in [-0.1, -0.05) is 29.8 Å². The van der Waals surface area contributed by atoms with Gasteiger partial charge < -0.3 is 9.84 Å². The molecular weight excluding hydrogens is 295 g/mol. The highest BCUT2D eigenvalue weighted by Crippen LogP contribution is 2.30. The Morgan fingerprint density at radius 3 is 2.52 bits per heavy atom. The van der Waals surface area contributed by atoms with Gasteiger partial charge in [0.05, 0.1) is 12.7 Å². The molecule has 2 rings (SSSR count). The Morgan fingerprint density at radius 2 is 1.90 bits per heavy atom. The average Bonchev–Trinajstić information content (AvgIpc) is 2.51. The van der Waals surface area contributed by atoms with Crippen molar-refractivity contribution in [1.82, 2.24) is 0 Å². The Morgan fingerprint density at radius 1 is 1.24 bits per heavy atom. The van der Waals surface area contributed by atoms with E-state index in [4.69, 9.17) is 16.3 Å². The van der Waals surface area contributed by atoms with Crippen molar-refractivity contribution in [3.63, 3.8) is 0 Å². The number of phenols is 1. The molecule has 2 aromatic rings. The fourth-order valence-electron chi connectivity index (χ4n) is 1.72. The van der Waals surface area contributed by atoms with Crippen LogP contribution in [0.2, 0.25) is 5.02 Å². The van der Waals surface area contributed by atoms with Crippen LogP contribution in [-0.2, 0) is 0 Å². The SMILES string of the molecule is COc1ccc(/C=C/C(=O)c2ccc(F)c(Cl)c2O)cc1. The van der Waals surface area contributed by atoms with E-state index in [1.54, 1.807) is 37.5 Å². The number of halogens is 2. The second-order valence-corrected chi connectivity index (χ2v) is 4.61. The van der Waals surface area contributed by atoms with Crippen molar-refractivity contribution >= 4 is 23.5 Å². The fourth-order valence-corrected chi connectivity index (χ4v) is 1.88. The summed E-state index contributed by atoms with van der Waals surface area (Å²) >= 11 is 5.56. The van der Waals surface area contributed by atoms with Gasteiger partial charge in [0.2, 0.25) is 0 Å². The Hall–Kier alpha value is -2.33. The number of phenolic OH excluding ortho intramolecular Hbond substituents is 1. The highest BCUT2D eigenvalue weighted by Gasteiger charge is 2.14. The van der Waals surface area contributed by atoms with Crippen molar-refractivity contribution in [2.45, 2.75) is 0 Å². The molecule has 0 fully saturated rings. The van der Waals surface area contributed by atoms with E-state index in [9.17, 15) is 14.3 Å². The van der Waals surface area contributed by atoms with Gasteiger partial charge in [-0.05, 0) is 35.9 Å². The second-order valence-electron chi connectivity index (χ2n) is 4.23. The smallest absolute Gasteiger partial charge is 0.189 e. The third-order valence-electron chi connectivity index (χ3n) is 2.88. The molecule has 0 atom stereocenters. The summed E-state index contributed by atoms with van der Waals surface area (Å²) in [6, 6.07) is 9.31. The van der Waals surface area contributed by atoms with Crippen LogP contribution >= 0.6 is 11.6 Å². The van der Waals surface area contributed by atoms with E-state index in [0.29, 0.717) is 5.75 Å². The summed E-state index contributed by atoms with van der Waals surface area (Å²) < 4.78 is 18.1. The lowest BCUT2D eigenvalue weighted by Crippen LogP contribution is -1.96. The molecular formula is C16H12ClFO3. The maximum absolute atomic E-state index is 13.1. The summed E-state index contributed by atoms with van der Waals surface area (Å²) in [6.45, 7) is 0. The average molecular weight is 307 g/mol. The molecule has 1 N–H and O–H groups in total. The van der Waals surface area contributed by atoms with E-state index in [1.165, 1.54) is 12.1 Å². The summed E-state index contributed by atoms with van der Waals surface area (Å²) in [5.74, 6) is -1.09. The minimum absolute atomic E-state index is 0.0499. The Kier molecular flexibility index (Phi) is 4.60. The van der Waals surface area contributed by atoms with Crippen LogP contribution in [0.15, 0.2) is 42.5 Å². The van der Waals surface area contributed by atoms with E-state index in [2.05, 4.69) is 0 Å². The standard InChI is InChI=1S/C16H12ClFO3/c1-21-11-5-2-10(3-6-11)4-9-14(19)12-7-8-13(18)15(17)16(12)20/h2-9,20H,1H3/b9-4+. The minimum Gasteiger partial charge on any atom is -0.505 e. The van der Waals surface area contributed by atoms with Crippen LogP contribution in [0, 0.1) is 5.82 Å². The van der Waals surface area contributed by atoms with Crippen molar-refractivity contribution < 1.29 is 19.0 Å². The molecule has 21 heavy (non-hydrogen) atoms. The lowest BCUT2D eigenvalue weighted by atomic mass is 10.1.